The van der Waals surface area contributed by atoms with Gasteiger partial charge in [0.25, 0.3) is 11.8 Å². The van der Waals surface area contributed by atoms with Crippen LogP contribution in [0.4, 0.5) is 11.4 Å². The summed E-state index contributed by atoms with van der Waals surface area (Å²) in [6.07, 6.45) is 0.807. The first-order valence-electron chi connectivity index (χ1n) is 11.7. The lowest BCUT2D eigenvalue weighted by Gasteiger charge is -2.37. The molecule has 35 heavy (non-hydrogen) atoms. The second kappa shape index (κ2) is 9.74. The topological polar surface area (TPSA) is 115 Å². The van der Waals surface area contributed by atoms with Gasteiger partial charge in [-0.15, -0.1) is 0 Å². The smallest absolute Gasteiger partial charge is 0.255 e. The van der Waals surface area contributed by atoms with Gasteiger partial charge in [-0.25, -0.2) is 4.52 Å². The van der Waals surface area contributed by atoms with E-state index in [1.165, 1.54) is 0 Å². The minimum absolute atomic E-state index is 0.00180. The van der Waals surface area contributed by atoms with Crippen LogP contribution in [0, 0.1) is 11.3 Å². The van der Waals surface area contributed by atoms with Crippen LogP contribution in [0.5, 0.6) is 0 Å². The third kappa shape index (κ3) is 4.69. The van der Waals surface area contributed by atoms with Crippen molar-refractivity contribution in [2.75, 3.05) is 49.5 Å². The van der Waals surface area contributed by atoms with E-state index in [4.69, 9.17) is 4.74 Å². The van der Waals surface area contributed by atoms with Crippen molar-refractivity contribution in [1.29, 1.82) is 5.26 Å². The summed E-state index contributed by atoms with van der Waals surface area (Å²) in [5.74, 6) is -0.251. The van der Waals surface area contributed by atoms with Gasteiger partial charge in [0.2, 0.25) is 0 Å². The van der Waals surface area contributed by atoms with E-state index < -0.39 is 6.10 Å². The largest absolute Gasteiger partial charge is 0.364 e. The predicted molar refractivity (Wildman–Crippen MR) is 130 cm³/mol. The average Bonchev–Trinajstić information content (AvgIpc) is 3.38. The highest BCUT2D eigenvalue weighted by Crippen LogP contribution is 2.27. The van der Waals surface area contributed by atoms with Gasteiger partial charge in [0, 0.05) is 44.0 Å². The zero-order chi connectivity index (χ0) is 24.4. The number of piperazine rings is 1. The van der Waals surface area contributed by atoms with Crippen molar-refractivity contribution in [3.8, 4) is 6.07 Å². The standard InChI is InChI=1S/C25H27N7O3/c1-17-15-31(21-7-6-20(14-26)32-22(21)8-9-28-32)16-23(35-17)24(33)29-19-4-2-18(3-5-19)25(34)30-12-10-27-11-13-30/h2-9,17,23,27H,10-13,15-16H2,1H3,(H,29,33). The van der Waals surface area contributed by atoms with Crippen molar-refractivity contribution in [3.05, 3.63) is 59.9 Å². The lowest BCUT2D eigenvalue weighted by atomic mass is 10.1. The number of ether oxygens (including phenoxy) is 1. The normalized spacial score (nSPS) is 20.5. The summed E-state index contributed by atoms with van der Waals surface area (Å²) in [5.41, 5.74) is 3.36. The molecule has 4 heterocycles. The fraction of sp³-hybridized carbons (Fsp3) is 0.360. The molecule has 0 bridgehead atoms. The Bertz CT molecular complexity index is 1270. The average molecular weight is 474 g/mol. The van der Waals surface area contributed by atoms with Crippen LogP contribution in [-0.4, -0.2) is 77.8 Å². The summed E-state index contributed by atoms with van der Waals surface area (Å²) in [4.78, 5) is 29.6. The summed E-state index contributed by atoms with van der Waals surface area (Å²) < 4.78 is 7.56. The Balaban J connectivity index is 1.27. The summed E-state index contributed by atoms with van der Waals surface area (Å²) >= 11 is 0. The third-order valence-electron chi connectivity index (χ3n) is 6.34. The van der Waals surface area contributed by atoms with E-state index in [-0.39, 0.29) is 17.9 Å². The first-order chi connectivity index (χ1) is 17.0. The number of pyridine rings is 1. The molecule has 0 spiro atoms. The molecular formula is C25H27N7O3. The maximum Gasteiger partial charge on any atom is 0.255 e. The monoisotopic (exact) mass is 473 g/mol. The fourth-order valence-electron chi connectivity index (χ4n) is 4.62. The molecule has 180 valence electrons. The van der Waals surface area contributed by atoms with E-state index in [9.17, 15) is 14.9 Å². The molecule has 10 heteroatoms. The van der Waals surface area contributed by atoms with Gasteiger partial charge < -0.3 is 25.2 Å². The molecule has 0 saturated carbocycles. The predicted octanol–water partition coefficient (Wildman–Crippen LogP) is 1.48. The van der Waals surface area contributed by atoms with Crippen molar-refractivity contribution in [2.45, 2.75) is 19.1 Å². The molecule has 2 amide bonds. The summed E-state index contributed by atoms with van der Waals surface area (Å²) in [5, 5.41) is 19.7. The van der Waals surface area contributed by atoms with Crippen molar-refractivity contribution < 1.29 is 14.3 Å². The van der Waals surface area contributed by atoms with Crippen LogP contribution in [-0.2, 0) is 9.53 Å². The number of rotatable bonds is 4. The molecule has 3 aromatic rings. The minimum atomic E-state index is -0.681. The Morgan fingerprint density at radius 2 is 1.89 bits per heavy atom. The number of hydrogen-bond donors (Lipinski definition) is 2. The zero-order valence-corrected chi connectivity index (χ0v) is 19.5. The van der Waals surface area contributed by atoms with E-state index in [0.29, 0.717) is 43.1 Å². The molecule has 2 saturated heterocycles. The van der Waals surface area contributed by atoms with Crippen molar-refractivity contribution in [1.82, 2.24) is 19.8 Å². The van der Waals surface area contributed by atoms with Crippen LogP contribution >= 0.6 is 0 Å². The highest BCUT2D eigenvalue weighted by molar-refractivity contribution is 5.97. The molecule has 0 radical (unpaired) electrons. The van der Waals surface area contributed by atoms with Gasteiger partial charge in [-0.1, -0.05) is 0 Å². The minimum Gasteiger partial charge on any atom is -0.364 e. The number of morpholine rings is 1. The van der Waals surface area contributed by atoms with Crippen LogP contribution in [0.3, 0.4) is 0 Å². The van der Waals surface area contributed by atoms with Gasteiger partial charge in [0.1, 0.15) is 11.8 Å². The van der Waals surface area contributed by atoms with Crippen LogP contribution in [0.15, 0.2) is 48.7 Å². The van der Waals surface area contributed by atoms with Gasteiger partial charge >= 0.3 is 0 Å². The molecule has 1 aromatic carbocycles. The van der Waals surface area contributed by atoms with E-state index in [2.05, 4.69) is 26.7 Å². The van der Waals surface area contributed by atoms with Crippen molar-refractivity contribution in [2.24, 2.45) is 0 Å². The van der Waals surface area contributed by atoms with Gasteiger partial charge in [0.15, 0.2) is 6.10 Å². The van der Waals surface area contributed by atoms with Crippen LogP contribution < -0.4 is 15.5 Å². The molecule has 2 aliphatic heterocycles. The number of amides is 2. The molecule has 2 atom stereocenters. The Kier molecular flexibility index (Phi) is 6.35. The van der Waals surface area contributed by atoms with Gasteiger partial charge in [0.05, 0.1) is 30.0 Å². The molecule has 5 rings (SSSR count). The maximum atomic E-state index is 13.1. The third-order valence-corrected chi connectivity index (χ3v) is 6.34. The first-order valence-corrected chi connectivity index (χ1v) is 11.7. The number of carbonyl (C=O) groups excluding carboxylic acids is 2. The number of fused-ring (bicyclic) bond motifs is 1. The number of carbonyl (C=O) groups is 2. The molecule has 0 aliphatic carbocycles. The molecule has 2 unspecified atom stereocenters. The number of nitrogens with one attached hydrogen (secondary N) is 2. The molecular weight excluding hydrogens is 446 g/mol. The van der Waals surface area contributed by atoms with E-state index in [1.807, 2.05) is 24.0 Å². The quantitative estimate of drug-likeness (QED) is 0.590. The van der Waals surface area contributed by atoms with Gasteiger partial charge in [-0.2, -0.15) is 10.4 Å². The van der Waals surface area contributed by atoms with E-state index in [1.54, 1.807) is 41.0 Å². The summed E-state index contributed by atoms with van der Waals surface area (Å²) in [7, 11) is 0. The van der Waals surface area contributed by atoms with Crippen molar-refractivity contribution >= 4 is 28.7 Å². The highest BCUT2D eigenvalue weighted by atomic mass is 16.5. The molecule has 2 aliphatic rings. The maximum absolute atomic E-state index is 13.1. The Hall–Kier alpha value is -3.94. The summed E-state index contributed by atoms with van der Waals surface area (Å²) in [6.45, 7) is 5.88. The lowest BCUT2D eigenvalue weighted by molar-refractivity contribution is -0.131. The zero-order valence-electron chi connectivity index (χ0n) is 19.5. The van der Waals surface area contributed by atoms with Gasteiger partial charge in [-0.05, 0) is 49.4 Å². The number of hydrogen-bond acceptors (Lipinski definition) is 7. The highest BCUT2D eigenvalue weighted by Gasteiger charge is 2.31. The first kappa shape index (κ1) is 22.8. The number of benzene rings is 1. The fourth-order valence-corrected chi connectivity index (χ4v) is 4.62. The molecule has 10 nitrogen and oxygen atoms in total. The lowest BCUT2D eigenvalue weighted by Crippen LogP contribution is -2.51. The van der Waals surface area contributed by atoms with Crippen LogP contribution in [0.2, 0.25) is 0 Å². The number of nitrogens with zero attached hydrogens (tertiary/aromatic N) is 5. The van der Waals surface area contributed by atoms with E-state index in [0.717, 1.165) is 24.3 Å². The number of nitriles is 1. The summed E-state index contributed by atoms with van der Waals surface area (Å²) in [6, 6.07) is 14.6. The Morgan fingerprint density at radius 3 is 2.63 bits per heavy atom. The van der Waals surface area contributed by atoms with Crippen molar-refractivity contribution in [3.63, 3.8) is 0 Å². The second-order valence-corrected chi connectivity index (χ2v) is 8.79. The molecule has 2 N–H and O–H groups in total. The second-order valence-electron chi connectivity index (χ2n) is 8.79. The van der Waals surface area contributed by atoms with Crippen LogP contribution in [0.1, 0.15) is 23.0 Å². The number of anilines is 2. The SMILES string of the molecule is CC1CN(c2ccc(C#N)n3nccc23)CC(C(=O)Nc2ccc(C(=O)N3CCNCC3)cc2)O1. The van der Waals surface area contributed by atoms with Gasteiger partial charge in [-0.3, -0.25) is 9.59 Å². The van der Waals surface area contributed by atoms with Crippen LogP contribution in [0.25, 0.3) is 5.52 Å². The Labute approximate surface area is 203 Å². The molecule has 2 aromatic heterocycles. The number of aromatic nitrogens is 2. The van der Waals surface area contributed by atoms with E-state index >= 15 is 0 Å². The Morgan fingerprint density at radius 1 is 1.11 bits per heavy atom. The molecule has 2 fully saturated rings.